The molecule has 0 fully saturated rings. The SMILES string of the molecule is O=C(NNC(=O)c1ccc(Cl)s1)c1ccc(Cl)cc1. The number of thiophene rings is 1. The van der Waals surface area contributed by atoms with Gasteiger partial charge in [-0.1, -0.05) is 23.2 Å². The Balaban J connectivity index is 1.93. The van der Waals surface area contributed by atoms with Crippen LogP contribution in [0.5, 0.6) is 0 Å². The van der Waals surface area contributed by atoms with Gasteiger partial charge in [0.1, 0.15) is 0 Å². The molecule has 2 amide bonds. The zero-order chi connectivity index (χ0) is 13.8. The second kappa shape index (κ2) is 6.06. The summed E-state index contributed by atoms with van der Waals surface area (Å²) in [6, 6.07) is 9.51. The molecule has 2 N–H and O–H groups in total. The Hall–Kier alpha value is -1.56. The maximum absolute atomic E-state index is 11.7. The van der Waals surface area contributed by atoms with Gasteiger partial charge in [-0.25, -0.2) is 0 Å². The predicted molar refractivity (Wildman–Crippen MR) is 75.7 cm³/mol. The number of rotatable bonds is 2. The van der Waals surface area contributed by atoms with E-state index in [2.05, 4.69) is 10.9 Å². The highest BCUT2D eigenvalue weighted by Crippen LogP contribution is 2.20. The number of hydrogen-bond donors (Lipinski definition) is 2. The van der Waals surface area contributed by atoms with E-state index in [1.807, 2.05) is 0 Å². The number of halogens is 2. The zero-order valence-corrected chi connectivity index (χ0v) is 11.8. The molecule has 98 valence electrons. The molecule has 0 aliphatic rings. The number of benzene rings is 1. The highest BCUT2D eigenvalue weighted by Gasteiger charge is 2.10. The number of carbonyl (C=O) groups excluding carboxylic acids is 2. The van der Waals surface area contributed by atoms with E-state index in [1.165, 1.54) is 0 Å². The molecule has 4 nitrogen and oxygen atoms in total. The molecule has 0 radical (unpaired) electrons. The van der Waals surface area contributed by atoms with E-state index in [0.717, 1.165) is 11.3 Å². The quantitative estimate of drug-likeness (QED) is 0.837. The van der Waals surface area contributed by atoms with Gasteiger partial charge < -0.3 is 0 Å². The number of hydrazine groups is 1. The first-order chi connectivity index (χ1) is 9.06. The summed E-state index contributed by atoms with van der Waals surface area (Å²) < 4.78 is 0.508. The van der Waals surface area contributed by atoms with E-state index >= 15 is 0 Å². The third kappa shape index (κ3) is 3.70. The third-order valence-corrected chi connectivity index (χ3v) is 3.67. The lowest BCUT2D eigenvalue weighted by Gasteiger charge is -2.06. The minimum absolute atomic E-state index is 0.397. The fourth-order valence-corrected chi connectivity index (χ4v) is 2.35. The summed E-state index contributed by atoms with van der Waals surface area (Å²) in [6.45, 7) is 0. The van der Waals surface area contributed by atoms with Crippen molar-refractivity contribution in [1.82, 2.24) is 10.9 Å². The molecule has 2 aromatic rings. The van der Waals surface area contributed by atoms with Crippen LogP contribution in [-0.2, 0) is 0 Å². The molecular formula is C12H8Cl2N2O2S. The van der Waals surface area contributed by atoms with Gasteiger partial charge in [0.2, 0.25) is 0 Å². The monoisotopic (exact) mass is 314 g/mol. The molecule has 2 rings (SSSR count). The van der Waals surface area contributed by atoms with Gasteiger partial charge in [-0.15, -0.1) is 11.3 Å². The minimum Gasteiger partial charge on any atom is -0.267 e. The molecule has 0 spiro atoms. The van der Waals surface area contributed by atoms with Crippen molar-refractivity contribution in [1.29, 1.82) is 0 Å². The number of carbonyl (C=O) groups is 2. The maximum Gasteiger partial charge on any atom is 0.279 e. The first-order valence-electron chi connectivity index (χ1n) is 5.18. The van der Waals surface area contributed by atoms with Crippen molar-refractivity contribution in [3.8, 4) is 0 Å². The first-order valence-corrected chi connectivity index (χ1v) is 6.75. The first kappa shape index (κ1) is 13.9. The topological polar surface area (TPSA) is 58.2 Å². The van der Waals surface area contributed by atoms with Gasteiger partial charge >= 0.3 is 0 Å². The van der Waals surface area contributed by atoms with E-state index in [-0.39, 0.29) is 0 Å². The predicted octanol–water partition coefficient (Wildman–Crippen LogP) is 3.13. The third-order valence-electron chi connectivity index (χ3n) is 2.19. The van der Waals surface area contributed by atoms with Gasteiger partial charge in [-0.05, 0) is 36.4 Å². The van der Waals surface area contributed by atoms with Crippen LogP contribution in [0.1, 0.15) is 20.0 Å². The Kier molecular flexibility index (Phi) is 4.42. The molecular weight excluding hydrogens is 307 g/mol. The Labute approximate surface area is 123 Å². The van der Waals surface area contributed by atoms with Crippen molar-refractivity contribution in [2.45, 2.75) is 0 Å². The smallest absolute Gasteiger partial charge is 0.267 e. The van der Waals surface area contributed by atoms with Crippen molar-refractivity contribution in [2.24, 2.45) is 0 Å². The highest BCUT2D eigenvalue weighted by molar-refractivity contribution is 7.17. The van der Waals surface area contributed by atoms with Gasteiger partial charge in [0, 0.05) is 10.6 Å². The average molecular weight is 315 g/mol. The molecule has 0 saturated heterocycles. The zero-order valence-electron chi connectivity index (χ0n) is 9.44. The molecule has 0 unspecified atom stereocenters. The number of hydrogen-bond acceptors (Lipinski definition) is 3. The summed E-state index contributed by atoms with van der Waals surface area (Å²) >= 11 is 12.6. The molecule has 0 aliphatic carbocycles. The average Bonchev–Trinajstić information content (AvgIpc) is 2.83. The van der Waals surface area contributed by atoms with Gasteiger partial charge in [-0.3, -0.25) is 20.4 Å². The fraction of sp³-hybridized carbons (Fsp3) is 0. The number of nitrogens with one attached hydrogen (secondary N) is 2. The van der Waals surface area contributed by atoms with Crippen LogP contribution in [0.3, 0.4) is 0 Å². The van der Waals surface area contributed by atoms with Gasteiger partial charge in [-0.2, -0.15) is 0 Å². The second-order valence-electron chi connectivity index (χ2n) is 3.52. The summed E-state index contributed by atoms with van der Waals surface area (Å²) in [5, 5.41) is 0.536. The van der Waals surface area contributed by atoms with Gasteiger partial charge in [0.15, 0.2) is 0 Å². The van der Waals surface area contributed by atoms with E-state index < -0.39 is 11.8 Å². The Morgan fingerprint density at radius 3 is 2.11 bits per heavy atom. The normalized spacial score (nSPS) is 10.0. The van der Waals surface area contributed by atoms with Crippen LogP contribution in [0.25, 0.3) is 0 Å². The van der Waals surface area contributed by atoms with Crippen LogP contribution >= 0.6 is 34.5 Å². The second-order valence-corrected chi connectivity index (χ2v) is 5.67. The van der Waals surface area contributed by atoms with Crippen LogP contribution in [0, 0.1) is 0 Å². The molecule has 0 atom stereocenters. The van der Waals surface area contributed by atoms with Crippen molar-refractivity contribution >= 4 is 46.4 Å². The lowest BCUT2D eigenvalue weighted by Crippen LogP contribution is -2.41. The van der Waals surface area contributed by atoms with Crippen molar-refractivity contribution in [3.63, 3.8) is 0 Å². The van der Waals surface area contributed by atoms with Crippen LogP contribution in [0.4, 0.5) is 0 Å². The molecule has 1 aromatic heterocycles. The van der Waals surface area contributed by atoms with Crippen molar-refractivity contribution in [3.05, 3.63) is 56.2 Å². The molecule has 0 bridgehead atoms. The van der Waals surface area contributed by atoms with E-state index in [0.29, 0.717) is 19.8 Å². The van der Waals surface area contributed by atoms with Crippen LogP contribution in [0.2, 0.25) is 9.36 Å². The molecule has 1 heterocycles. The van der Waals surface area contributed by atoms with Crippen LogP contribution in [0.15, 0.2) is 36.4 Å². The van der Waals surface area contributed by atoms with Crippen LogP contribution in [-0.4, -0.2) is 11.8 Å². The maximum atomic E-state index is 11.7. The van der Waals surface area contributed by atoms with Crippen molar-refractivity contribution < 1.29 is 9.59 Å². The summed E-state index contributed by atoms with van der Waals surface area (Å²) in [5.74, 6) is -0.841. The molecule has 1 aromatic carbocycles. The fourth-order valence-electron chi connectivity index (χ4n) is 1.28. The Morgan fingerprint density at radius 2 is 1.53 bits per heavy atom. The summed E-state index contributed by atoms with van der Waals surface area (Å²) in [6.07, 6.45) is 0. The molecule has 19 heavy (non-hydrogen) atoms. The van der Waals surface area contributed by atoms with E-state index in [9.17, 15) is 9.59 Å². The number of amides is 2. The van der Waals surface area contributed by atoms with E-state index in [4.69, 9.17) is 23.2 Å². The summed E-state index contributed by atoms with van der Waals surface area (Å²) in [5.41, 5.74) is 5.01. The molecule has 7 heteroatoms. The van der Waals surface area contributed by atoms with Crippen molar-refractivity contribution in [2.75, 3.05) is 0 Å². The Bertz CT molecular complexity index is 610. The van der Waals surface area contributed by atoms with E-state index in [1.54, 1.807) is 36.4 Å². The minimum atomic E-state index is -0.423. The standard InChI is InChI=1S/C12H8Cl2N2O2S/c13-8-3-1-7(2-4-8)11(17)15-16-12(18)9-5-6-10(14)19-9/h1-6H,(H,15,17)(H,16,18). The largest absolute Gasteiger partial charge is 0.279 e. The highest BCUT2D eigenvalue weighted by atomic mass is 35.5. The van der Waals surface area contributed by atoms with Gasteiger partial charge in [0.05, 0.1) is 9.21 Å². The van der Waals surface area contributed by atoms with Crippen LogP contribution < -0.4 is 10.9 Å². The molecule has 0 aliphatic heterocycles. The summed E-state index contributed by atoms with van der Waals surface area (Å²) in [7, 11) is 0. The molecule has 0 saturated carbocycles. The Morgan fingerprint density at radius 1 is 0.895 bits per heavy atom. The summed E-state index contributed by atoms with van der Waals surface area (Å²) in [4.78, 5) is 23.8. The lowest BCUT2D eigenvalue weighted by molar-refractivity contribution is 0.0849. The lowest BCUT2D eigenvalue weighted by atomic mass is 10.2. The van der Waals surface area contributed by atoms with Gasteiger partial charge in [0.25, 0.3) is 11.8 Å².